The van der Waals surface area contributed by atoms with Crippen LogP contribution in [0.15, 0.2) is 18.2 Å². The predicted molar refractivity (Wildman–Crippen MR) is 62.6 cm³/mol. The maximum atomic E-state index is 11.4. The van der Waals surface area contributed by atoms with Gasteiger partial charge in [0.1, 0.15) is 0 Å². The Kier molecular flexibility index (Phi) is 3.52. The molecule has 0 amide bonds. The molecule has 0 N–H and O–H groups in total. The molecule has 17 heavy (non-hydrogen) atoms. The number of carbonyl (C=O) groups excluding carboxylic acids is 1. The number of methoxy groups -OCH3 is 2. The van der Waals surface area contributed by atoms with E-state index < -0.39 is 0 Å². The van der Waals surface area contributed by atoms with Crippen LogP contribution in [0, 0.1) is 0 Å². The van der Waals surface area contributed by atoms with Crippen LogP contribution < -0.4 is 9.47 Å². The van der Waals surface area contributed by atoms with Crippen molar-refractivity contribution in [3.8, 4) is 11.5 Å². The van der Waals surface area contributed by atoms with Crippen molar-refractivity contribution in [2.45, 2.75) is 25.4 Å². The van der Waals surface area contributed by atoms with Gasteiger partial charge in [-0.25, -0.2) is 4.79 Å². The molecule has 0 aliphatic heterocycles. The number of esters is 1. The molecule has 92 valence electrons. The Labute approximate surface area is 100 Å². The second-order valence-electron chi connectivity index (χ2n) is 4.03. The second-order valence-corrected chi connectivity index (χ2v) is 4.03. The topological polar surface area (TPSA) is 44.8 Å². The molecule has 4 nitrogen and oxygen atoms in total. The summed E-state index contributed by atoms with van der Waals surface area (Å²) in [6.07, 6.45) is 3.67. The fraction of sp³-hybridized carbons (Fsp3) is 0.462. The maximum absolute atomic E-state index is 11.4. The van der Waals surface area contributed by atoms with E-state index in [-0.39, 0.29) is 12.1 Å². The molecule has 1 aliphatic rings. The Morgan fingerprint density at radius 3 is 2.53 bits per heavy atom. The van der Waals surface area contributed by atoms with Crippen molar-refractivity contribution in [3.05, 3.63) is 23.8 Å². The van der Waals surface area contributed by atoms with Crippen LogP contribution in [0.25, 0.3) is 0 Å². The Bertz CT molecular complexity index is 410. The van der Waals surface area contributed by atoms with Crippen molar-refractivity contribution in [2.24, 2.45) is 0 Å². The molecule has 0 saturated heterocycles. The lowest BCUT2D eigenvalue weighted by Crippen LogP contribution is -2.24. The van der Waals surface area contributed by atoms with E-state index >= 15 is 0 Å². The third-order valence-corrected chi connectivity index (χ3v) is 2.93. The van der Waals surface area contributed by atoms with Gasteiger partial charge >= 0.3 is 5.97 Å². The van der Waals surface area contributed by atoms with Gasteiger partial charge in [0.05, 0.1) is 25.9 Å². The quantitative estimate of drug-likeness (QED) is 0.753. The van der Waals surface area contributed by atoms with E-state index in [0.717, 1.165) is 12.8 Å². The molecule has 1 aliphatic carbocycles. The lowest BCUT2D eigenvalue weighted by Gasteiger charge is -2.27. The zero-order valence-corrected chi connectivity index (χ0v) is 10.1. The first-order chi connectivity index (χ1) is 8.24. The molecule has 0 atom stereocenters. The average molecular weight is 236 g/mol. The molecule has 1 saturated carbocycles. The lowest BCUT2D eigenvalue weighted by atomic mass is 9.96. The molecular weight excluding hydrogens is 220 g/mol. The largest absolute Gasteiger partial charge is 0.493 e. The highest BCUT2D eigenvalue weighted by Gasteiger charge is 2.21. The highest BCUT2D eigenvalue weighted by Crippen LogP contribution is 2.33. The molecular formula is C13H16O4. The number of benzene rings is 1. The minimum absolute atomic E-state index is 0.285. The summed E-state index contributed by atoms with van der Waals surface area (Å²) in [7, 11) is 2.91. The van der Waals surface area contributed by atoms with Crippen molar-refractivity contribution in [2.75, 3.05) is 14.2 Å². The Morgan fingerprint density at radius 1 is 1.24 bits per heavy atom. The molecule has 0 bridgehead atoms. The van der Waals surface area contributed by atoms with Gasteiger partial charge in [-0.15, -0.1) is 0 Å². The van der Waals surface area contributed by atoms with E-state index in [9.17, 15) is 4.79 Å². The first kappa shape index (κ1) is 11.8. The minimum atomic E-state index is -0.376. The molecule has 0 spiro atoms. The van der Waals surface area contributed by atoms with E-state index in [1.54, 1.807) is 25.3 Å². The van der Waals surface area contributed by atoms with Crippen molar-refractivity contribution in [1.82, 2.24) is 0 Å². The Balaban J connectivity index is 2.18. The van der Waals surface area contributed by atoms with E-state index in [1.807, 2.05) is 0 Å². The van der Waals surface area contributed by atoms with Crippen LogP contribution in [0.1, 0.15) is 29.6 Å². The van der Waals surface area contributed by atoms with E-state index in [0.29, 0.717) is 17.1 Å². The first-order valence-corrected chi connectivity index (χ1v) is 5.67. The monoisotopic (exact) mass is 236 g/mol. The van der Waals surface area contributed by atoms with E-state index in [4.69, 9.17) is 9.47 Å². The van der Waals surface area contributed by atoms with Crippen LogP contribution in [-0.4, -0.2) is 26.3 Å². The minimum Gasteiger partial charge on any atom is -0.493 e. The highest BCUT2D eigenvalue weighted by molar-refractivity contribution is 5.90. The van der Waals surface area contributed by atoms with Crippen LogP contribution in [-0.2, 0) is 4.74 Å². The summed E-state index contributed by atoms with van der Waals surface area (Å²) in [5.74, 6) is 0.878. The van der Waals surface area contributed by atoms with Gasteiger partial charge in [-0.3, -0.25) is 0 Å². The molecule has 0 radical (unpaired) electrons. The van der Waals surface area contributed by atoms with E-state index in [2.05, 4.69) is 4.74 Å². The van der Waals surface area contributed by atoms with Gasteiger partial charge in [-0.1, -0.05) is 0 Å². The first-order valence-electron chi connectivity index (χ1n) is 5.67. The SMILES string of the molecule is COC(=O)c1ccc(OC2CCC2)c(OC)c1. The van der Waals surface area contributed by atoms with Gasteiger partial charge in [0, 0.05) is 0 Å². The highest BCUT2D eigenvalue weighted by atomic mass is 16.5. The van der Waals surface area contributed by atoms with Gasteiger partial charge < -0.3 is 14.2 Å². The predicted octanol–water partition coefficient (Wildman–Crippen LogP) is 2.41. The van der Waals surface area contributed by atoms with E-state index in [1.165, 1.54) is 13.5 Å². The third kappa shape index (κ3) is 2.52. The van der Waals surface area contributed by atoms with Crippen molar-refractivity contribution < 1.29 is 19.0 Å². The van der Waals surface area contributed by atoms with Crippen LogP contribution in [0.4, 0.5) is 0 Å². The maximum Gasteiger partial charge on any atom is 0.337 e. The van der Waals surface area contributed by atoms with Crippen LogP contribution in [0.5, 0.6) is 11.5 Å². The summed E-state index contributed by atoms with van der Waals surface area (Å²) in [6, 6.07) is 5.07. The summed E-state index contributed by atoms with van der Waals surface area (Å²) in [5.41, 5.74) is 0.463. The molecule has 0 aromatic heterocycles. The molecule has 1 aromatic rings. The molecule has 1 fully saturated rings. The van der Waals surface area contributed by atoms with Gasteiger partial charge in [-0.2, -0.15) is 0 Å². The number of rotatable bonds is 4. The summed E-state index contributed by atoms with van der Waals surface area (Å²) >= 11 is 0. The smallest absolute Gasteiger partial charge is 0.337 e. The summed E-state index contributed by atoms with van der Waals surface area (Å²) in [5, 5.41) is 0. The van der Waals surface area contributed by atoms with Gasteiger partial charge in [-0.05, 0) is 37.5 Å². The van der Waals surface area contributed by atoms with Crippen LogP contribution >= 0.6 is 0 Å². The van der Waals surface area contributed by atoms with Crippen molar-refractivity contribution in [3.63, 3.8) is 0 Å². The Hall–Kier alpha value is -1.71. The molecule has 4 heteroatoms. The number of ether oxygens (including phenoxy) is 3. The zero-order chi connectivity index (χ0) is 12.3. The standard InChI is InChI=1S/C13H16O4/c1-15-12-8-9(13(14)16-2)6-7-11(12)17-10-4-3-5-10/h6-8,10H,3-5H2,1-2H3. The number of hydrogen-bond donors (Lipinski definition) is 0. The van der Waals surface area contributed by atoms with Crippen molar-refractivity contribution >= 4 is 5.97 Å². The summed E-state index contributed by atoms with van der Waals surface area (Å²) in [4.78, 5) is 11.4. The molecule has 0 heterocycles. The zero-order valence-electron chi connectivity index (χ0n) is 10.1. The number of carbonyl (C=O) groups is 1. The Morgan fingerprint density at radius 2 is 2.00 bits per heavy atom. The molecule has 0 unspecified atom stereocenters. The average Bonchev–Trinajstić information content (AvgIpc) is 2.32. The summed E-state index contributed by atoms with van der Waals surface area (Å²) in [6.45, 7) is 0. The molecule has 1 aromatic carbocycles. The fourth-order valence-electron chi connectivity index (χ4n) is 1.68. The summed E-state index contributed by atoms with van der Waals surface area (Å²) < 4.78 is 15.6. The fourth-order valence-corrected chi connectivity index (χ4v) is 1.68. The normalized spacial score (nSPS) is 14.9. The second kappa shape index (κ2) is 5.08. The number of hydrogen-bond acceptors (Lipinski definition) is 4. The molecule has 2 rings (SSSR count). The van der Waals surface area contributed by atoms with Crippen LogP contribution in [0.2, 0.25) is 0 Å². The van der Waals surface area contributed by atoms with Gasteiger partial charge in [0.25, 0.3) is 0 Å². The lowest BCUT2D eigenvalue weighted by molar-refractivity contribution is 0.0600. The third-order valence-electron chi connectivity index (χ3n) is 2.93. The van der Waals surface area contributed by atoms with Gasteiger partial charge in [0.2, 0.25) is 0 Å². The van der Waals surface area contributed by atoms with Gasteiger partial charge in [0.15, 0.2) is 11.5 Å². The van der Waals surface area contributed by atoms with Crippen molar-refractivity contribution in [1.29, 1.82) is 0 Å². The van der Waals surface area contributed by atoms with Crippen LogP contribution in [0.3, 0.4) is 0 Å².